The zero-order valence-corrected chi connectivity index (χ0v) is 10.2. The second-order valence-corrected chi connectivity index (χ2v) is 3.35. The number of rotatable bonds is 4. The number of ether oxygens (including phenoxy) is 1. The van der Waals surface area contributed by atoms with Crippen LogP contribution in [0, 0.1) is 0 Å². The van der Waals surface area contributed by atoms with E-state index in [1.165, 1.54) is 12.3 Å². The molecule has 1 rings (SSSR count). The lowest BCUT2D eigenvalue weighted by Gasteiger charge is -2.05. The van der Waals surface area contributed by atoms with Crippen molar-refractivity contribution >= 4 is 18.3 Å². The van der Waals surface area contributed by atoms with Crippen LogP contribution in [0.25, 0.3) is 0 Å². The maximum absolute atomic E-state index is 11.0. The average Bonchev–Trinajstić information content (AvgIpc) is 2.32. The highest BCUT2D eigenvalue weighted by atomic mass is 16.5. The third kappa shape index (κ3) is 4.94. The molecule has 0 aromatic heterocycles. The lowest BCUT2D eigenvalue weighted by molar-refractivity contribution is 0.232. The number of carbonyl (C=O) groups is 2. The van der Waals surface area contributed by atoms with Gasteiger partial charge < -0.3 is 15.6 Å². The van der Waals surface area contributed by atoms with Crippen LogP contribution < -0.4 is 21.2 Å². The molecular formula is C11H14N4O4. The van der Waals surface area contributed by atoms with Crippen molar-refractivity contribution in [3.8, 4) is 11.5 Å². The number of benzene rings is 1. The SMILES string of the molecule is CCOc1cc(/C=N/NC(=O)NC(N)=O)ccc1O. The van der Waals surface area contributed by atoms with E-state index in [1.807, 2.05) is 5.43 Å². The molecule has 8 nitrogen and oxygen atoms in total. The van der Waals surface area contributed by atoms with Gasteiger partial charge in [-0.25, -0.2) is 15.0 Å². The quantitative estimate of drug-likeness (QED) is 0.467. The zero-order valence-electron chi connectivity index (χ0n) is 10.2. The molecule has 0 aliphatic carbocycles. The second-order valence-electron chi connectivity index (χ2n) is 3.35. The molecule has 19 heavy (non-hydrogen) atoms. The van der Waals surface area contributed by atoms with Crippen LogP contribution >= 0.6 is 0 Å². The zero-order chi connectivity index (χ0) is 14.3. The second kappa shape index (κ2) is 6.84. The first-order valence-electron chi connectivity index (χ1n) is 5.38. The monoisotopic (exact) mass is 266 g/mol. The van der Waals surface area contributed by atoms with Gasteiger partial charge in [0.1, 0.15) is 0 Å². The van der Waals surface area contributed by atoms with Crippen LogP contribution in [0.5, 0.6) is 11.5 Å². The molecule has 0 saturated heterocycles. The molecule has 1 aromatic rings. The molecule has 0 atom stereocenters. The number of nitrogens with zero attached hydrogens (tertiary/aromatic N) is 1. The van der Waals surface area contributed by atoms with Gasteiger partial charge in [-0.05, 0) is 30.7 Å². The Hall–Kier alpha value is -2.77. The van der Waals surface area contributed by atoms with Crippen LogP contribution in [0.15, 0.2) is 23.3 Å². The van der Waals surface area contributed by atoms with Crippen molar-refractivity contribution in [3.05, 3.63) is 23.8 Å². The largest absolute Gasteiger partial charge is 0.504 e. The summed E-state index contributed by atoms with van der Waals surface area (Å²) in [7, 11) is 0. The highest BCUT2D eigenvalue weighted by Crippen LogP contribution is 2.25. The van der Waals surface area contributed by atoms with Gasteiger partial charge in [-0.1, -0.05) is 0 Å². The number of carbonyl (C=O) groups excluding carboxylic acids is 2. The fourth-order valence-corrected chi connectivity index (χ4v) is 1.19. The molecule has 0 saturated carbocycles. The first-order valence-corrected chi connectivity index (χ1v) is 5.38. The molecule has 0 bridgehead atoms. The number of nitrogens with two attached hydrogens (primary N) is 1. The number of phenolic OH excluding ortho intramolecular Hbond substituents is 1. The Morgan fingerprint density at radius 3 is 2.89 bits per heavy atom. The summed E-state index contributed by atoms with van der Waals surface area (Å²) in [4.78, 5) is 21.3. The van der Waals surface area contributed by atoms with Crippen molar-refractivity contribution in [2.75, 3.05) is 6.61 Å². The minimum Gasteiger partial charge on any atom is -0.504 e. The number of amides is 4. The van der Waals surface area contributed by atoms with E-state index in [0.717, 1.165) is 0 Å². The van der Waals surface area contributed by atoms with Gasteiger partial charge in [-0.2, -0.15) is 5.10 Å². The lowest BCUT2D eigenvalue weighted by Crippen LogP contribution is -2.40. The summed E-state index contributed by atoms with van der Waals surface area (Å²) < 4.78 is 5.18. The number of imide groups is 1. The maximum atomic E-state index is 11.0. The van der Waals surface area contributed by atoms with Crippen molar-refractivity contribution in [1.29, 1.82) is 0 Å². The smallest absolute Gasteiger partial charge is 0.343 e. The minimum absolute atomic E-state index is 0.0124. The molecule has 0 radical (unpaired) electrons. The standard InChI is InChI=1S/C11H14N4O4/c1-2-19-9-5-7(3-4-8(9)16)6-13-15-11(18)14-10(12)17/h3-6,16H,2H2,1H3,(H4,12,14,15,17,18)/b13-6+. The summed E-state index contributed by atoms with van der Waals surface area (Å²) in [5.41, 5.74) is 7.38. The van der Waals surface area contributed by atoms with Crippen molar-refractivity contribution in [1.82, 2.24) is 10.7 Å². The summed E-state index contributed by atoms with van der Waals surface area (Å²) in [5, 5.41) is 14.9. The van der Waals surface area contributed by atoms with Gasteiger partial charge >= 0.3 is 12.1 Å². The van der Waals surface area contributed by atoms with Crippen LogP contribution in [0.4, 0.5) is 9.59 Å². The molecule has 5 N–H and O–H groups in total. The number of urea groups is 2. The summed E-state index contributed by atoms with van der Waals surface area (Å²) in [5.74, 6) is 0.325. The van der Waals surface area contributed by atoms with Crippen molar-refractivity contribution in [2.24, 2.45) is 10.8 Å². The number of aromatic hydroxyl groups is 1. The molecule has 0 aliphatic rings. The summed E-state index contributed by atoms with van der Waals surface area (Å²) >= 11 is 0. The number of phenols is 1. The maximum Gasteiger partial charge on any atom is 0.343 e. The molecule has 0 aliphatic heterocycles. The molecule has 102 valence electrons. The molecule has 8 heteroatoms. The Labute approximate surface area is 109 Å². The average molecular weight is 266 g/mol. The van der Waals surface area contributed by atoms with E-state index < -0.39 is 12.1 Å². The predicted octanol–water partition coefficient (Wildman–Crippen LogP) is 0.503. The molecule has 0 spiro atoms. The van der Waals surface area contributed by atoms with E-state index in [-0.39, 0.29) is 5.75 Å². The topological polar surface area (TPSA) is 126 Å². The van der Waals surface area contributed by atoms with Gasteiger partial charge in [0, 0.05) is 0 Å². The van der Waals surface area contributed by atoms with E-state index >= 15 is 0 Å². The van der Waals surface area contributed by atoms with Gasteiger partial charge in [0.25, 0.3) is 0 Å². The van der Waals surface area contributed by atoms with Crippen molar-refractivity contribution < 1.29 is 19.4 Å². The van der Waals surface area contributed by atoms with E-state index in [0.29, 0.717) is 17.9 Å². The van der Waals surface area contributed by atoms with Crippen LogP contribution in [-0.2, 0) is 0 Å². The van der Waals surface area contributed by atoms with Gasteiger partial charge in [-0.3, -0.25) is 5.32 Å². The van der Waals surface area contributed by atoms with E-state index in [9.17, 15) is 14.7 Å². The highest BCUT2D eigenvalue weighted by Gasteiger charge is 2.03. The Bertz CT molecular complexity index is 501. The normalized spacial score (nSPS) is 10.2. The van der Waals surface area contributed by atoms with Gasteiger partial charge in [0.05, 0.1) is 12.8 Å². The van der Waals surface area contributed by atoms with Gasteiger partial charge in [0.2, 0.25) is 0 Å². The fraction of sp³-hybridized carbons (Fsp3) is 0.182. The minimum atomic E-state index is -0.976. The third-order valence-electron chi connectivity index (χ3n) is 1.90. The van der Waals surface area contributed by atoms with E-state index in [4.69, 9.17) is 10.5 Å². The van der Waals surface area contributed by atoms with Crippen molar-refractivity contribution in [3.63, 3.8) is 0 Å². The number of hydrogen-bond acceptors (Lipinski definition) is 5. The molecule has 0 fully saturated rings. The van der Waals surface area contributed by atoms with Crippen LogP contribution in [0.3, 0.4) is 0 Å². The molecule has 0 heterocycles. The summed E-state index contributed by atoms with van der Waals surface area (Å²) in [6.07, 6.45) is 1.32. The highest BCUT2D eigenvalue weighted by molar-refractivity contribution is 5.93. The fourth-order valence-electron chi connectivity index (χ4n) is 1.19. The van der Waals surface area contributed by atoms with Crippen molar-refractivity contribution in [2.45, 2.75) is 6.92 Å². The Morgan fingerprint density at radius 1 is 1.53 bits per heavy atom. The Balaban J connectivity index is 2.64. The number of hydrazone groups is 1. The summed E-state index contributed by atoms with van der Waals surface area (Å²) in [6, 6.07) is 2.75. The number of nitrogens with one attached hydrogen (secondary N) is 2. The number of primary amides is 1. The first kappa shape index (κ1) is 14.3. The van der Waals surface area contributed by atoms with Gasteiger partial charge in [0.15, 0.2) is 11.5 Å². The molecule has 1 aromatic carbocycles. The molecule has 4 amide bonds. The number of hydrogen-bond donors (Lipinski definition) is 4. The van der Waals surface area contributed by atoms with Crippen LogP contribution in [0.1, 0.15) is 12.5 Å². The van der Waals surface area contributed by atoms with E-state index in [1.54, 1.807) is 24.4 Å². The molecular weight excluding hydrogens is 252 g/mol. The van der Waals surface area contributed by atoms with Crippen LogP contribution in [-0.4, -0.2) is 30.0 Å². The summed E-state index contributed by atoms with van der Waals surface area (Å²) in [6.45, 7) is 2.20. The van der Waals surface area contributed by atoms with E-state index in [2.05, 4.69) is 5.10 Å². The Morgan fingerprint density at radius 2 is 2.26 bits per heavy atom. The third-order valence-corrected chi connectivity index (χ3v) is 1.90. The lowest BCUT2D eigenvalue weighted by atomic mass is 10.2. The van der Waals surface area contributed by atoms with Crippen LogP contribution in [0.2, 0.25) is 0 Å². The first-order chi connectivity index (χ1) is 9.02. The molecule has 0 unspecified atom stereocenters. The predicted molar refractivity (Wildman–Crippen MR) is 68.1 cm³/mol. The Kier molecular flexibility index (Phi) is 5.15. The van der Waals surface area contributed by atoms with Gasteiger partial charge in [-0.15, -0.1) is 0 Å².